The van der Waals surface area contributed by atoms with Crippen molar-refractivity contribution < 1.29 is 38.9 Å². The van der Waals surface area contributed by atoms with E-state index in [1.54, 1.807) is 18.2 Å². The van der Waals surface area contributed by atoms with Crippen LogP contribution in [0, 0.1) is 11.8 Å². The summed E-state index contributed by atoms with van der Waals surface area (Å²) in [5, 5.41) is 25.4. The monoisotopic (exact) mass is 561 g/mol. The van der Waals surface area contributed by atoms with Crippen molar-refractivity contribution in [2.75, 3.05) is 18.6 Å². The number of aliphatic hydroxyl groups is 1. The van der Waals surface area contributed by atoms with Crippen molar-refractivity contribution in [3.05, 3.63) is 53.2 Å². The van der Waals surface area contributed by atoms with E-state index in [9.17, 15) is 34.2 Å². The second-order valence-corrected chi connectivity index (χ2v) is 10.6. The number of pyridine rings is 1. The molecule has 0 aliphatic carbocycles. The normalized spacial score (nSPS) is 23.6. The molecule has 13 heteroatoms. The Balaban J connectivity index is 1.43. The number of ether oxygens (including phenoxy) is 1. The highest BCUT2D eigenvalue weighted by atomic mass is 16.5. The smallest absolute Gasteiger partial charge is 0.333 e. The number of imide groups is 1. The number of fused-ring (bicyclic) bond motifs is 1. The Morgan fingerprint density at radius 1 is 1.20 bits per heavy atom. The number of aliphatic carboxylic acids is 1. The van der Waals surface area contributed by atoms with Gasteiger partial charge in [-0.1, -0.05) is 17.9 Å². The number of amides is 5. The Labute approximate surface area is 234 Å². The molecule has 1 aromatic carbocycles. The van der Waals surface area contributed by atoms with Gasteiger partial charge in [0.2, 0.25) is 11.4 Å². The number of hydrogen-bond acceptors (Lipinski definition) is 8. The van der Waals surface area contributed by atoms with Crippen LogP contribution in [0.15, 0.2) is 36.5 Å². The van der Waals surface area contributed by atoms with Gasteiger partial charge in [-0.05, 0) is 50.1 Å². The fraction of sp³-hybridized carbons (Fsp3) is 0.357. The standard InChI is InChI=1S/C28H27N5O8/c1-26(2,40)28(24(37)38)11-9-21(34)33(28)20-7-4-16(13-29-20)8-10-27(23(36)30-25(39)31-27)15-32-14-17-5-6-18(41-3)12-19(17)22(32)35/h4-7,12-13,40H,9,11,14-15H2,1-3H3,(H,37,38)(H2,30,31,36,39). The van der Waals surface area contributed by atoms with Crippen LogP contribution in [0.3, 0.4) is 0 Å². The highest BCUT2D eigenvalue weighted by molar-refractivity contribution is 6.10. The molecule has 2 fully saturated rings. The fourth-order valence-corrected chi connectivity index (χ4v) is 5.47. The molecule has 1 aromatic heterocycles. The third-order valence-corrected chi connectivity index (χ3v) is 7.66. The number of methoxy groups -OCH3 is 1. The Bertz CT molecular complexity index is 1550. The lowest BCUT2D eigenvalue weighted by Gasteiger charge is -2.42. The maximum atomic E-state index is 13.1. The largest absolute Gasteiger partial charge is 0.497 e. The second-order valence-electron chi connectivity index (χ2n) is 10.6. The molecule has 4 heterocycles. The number of carboxylic acid groups (broad SMARTS) is 1. The van der Waals surface area contributed by atoms with Gasteiger partial charge < -0.3 is 25.2 Å². The van der Waals surface area contributed by atoms with Crippen LogP contribution >= 0.6 is 0 Å². The number of benzene rings is 1. The minimum Gasteiger partial charge on any atom is -0.497 e. The van der Waals surface area contributed by atoms with Crippen LogP contribution in [-0.4, -0.2) is 80.2 Å². The molecule has 5 amide bonds. The van der Waals surface area contributed by atoms with Crippen LogP contribution in [0.4, 0.5) is 10.6 Å². The Morgan fingerprint density at radius 3 is 2.54 bits per heavy atom. The minimum absolute atomic E-state index is 0.0139. The lowest BCUT2D eigenvalue weighted by molar-refractivity contribution is -0.153. The molecule has 0 bridgehead atoms. The van der Waals surface area contributed by atoms with Crippen LogP contribution in [0.2, 0.25) is 0 Å². The van der Waals surface area contributed by atoms with E-state index >= 15 is 0 Å². The van der Waals surface area contributed by atoms with Crippen molar-refractivity contribution >= 4 is 35.5 Å². The summed E-state index contributed by atoms with van der Waals surface area (Å²) in [5.74, 6) is 3.17. The van der Waals surface area contributed by atoms with E-state index < -0.39 is 40.5 Å². The molecule has 4 N–H and O–H groups in total. The Morgan fingerprint density at radius 2 is 1.95 bits per heavy atom. The van der Waals surface area contributed by atoms with Crippen LogP contribution in [0.1, 0.15) is 48.2 Å². The van der Waals surface area contributed by atoms with Crippen molar-refractivity contribution in [1.29, 1.82) is 0 Å². The number of hydrogen-bond donors (Lipinski definition) is 4. The molecule has 3 aliphatic heterocycles. The molecular weight excluding hydrogens is 534 g/mol. The van der Waals surface area contributed by atoms with Crippen molar-refractivity contribution in [1.82, 2.24) is 20.5 Å². The van der Waals surface area contributed by atoms with E-state index in [0.717, 1.165) is 10.5 Å². The molecule has 0 spiro atoms. The lowest BCUT2D eigenvalue weighted by atomic mass is 9.80. The molecule has 2 atom stereocenters. The van der Waals surface area contributed by atoms with Gasteiger partial charge in [0.1, 0.15) is 11.6 Å². The van der Waals surface area contributed by atoms with Gasteiger partial charge in [-0.25, -0.2) is 14.6 Å². The number of carbonyl (C=O) groups is 5. The fourth-order valence-electron chi connectivity index (χ4n) is 5.47. The molecule has 2 unspecified atom stereocenters. The summed E-state index contributed by atoms with van der Waals surface area (Å²) in [6, 6.07) is 7.20. The SMILES string of the molecule is COc1ccc2c(c1)C(=O)N(CC1(C#Cc3ccc(N4C(=O)CCC4(C(=O)O)C(C)(C)O)nc3)NC(=O)NC1=O)C2. The van der Waals surface area contributed by atoms with Crippen LogP contribution < -0.4 is 20.3 Å². The van der Waals surface area contributed by atoms with Gasteiger partial charge >= 0.3 is 12.0 Å². The zero-order valence-corrected chi connectivity index (χ0v) is 22.5. The molecular formula is C28H27N5O8. The molecule has 13 nitrogen and oxygen atoms in total. The number of nitrogens with one attached hydrogen (secondary N) is 2. The lowest BCUT2D eigenvalue weighted by Crippen LogP contribution is -2.65. The third kappa shape index (κ3) is 4.42. The highest BCUT2D eigenvalue weighted by Crippen LogP contribution is 2.42. The van der Waals surface area contributed by atoms with Gasteiger partial charge in [-0.2, -0.15) is 0 Å². The summed E-state index contributed by atoms with van der Waals surface area (Å²) in [5.41, 5.74) is -3.98. The van der Waals surface area contributed by atoms with Crippen molar-refractivity contribution in [3.63, 3.8) is 0 Å². The number of aromatic nitrogens is 1. The third-order valence-electron chi connectivity index (χ3n) is 7.66. The quantitative estimate of drug-likeness (QED) is 0.287. The predicted molar refractivity (Wildman–Crippen MR) is 142 cm³/mol. The van der Waals surface area contributed by atoms with Crippen LogP contribution in [-0.2, 0) is 20.9 Å². The zero-order chi connectivity index (χ0) is 29.7. The molecule has 2 saturated heterocycles. The van der Waals surface area contributed by atoms with E-state index in [1.165, 1.54) is 44.2 Å². The topological polar surface area (TPSA) is 178 Å². The molecule has 5 rings (SSSR count). The first-order valence-electron chi connectivity index (χ1n) is 12.7. The van der Waals surface area contributed by atoms with E-state index in [4.69, 9.17) is 4.74 Å². The van der Waals surface area contributed by atoms with Gasteiger partial charge in [-0.3, -0.25) is 24.6 Å². The average Bonchev–Trinajstić information content (AvgIpc) is 3.53. The van der Waals surface area contributed by atoms with Crippen molar-refractivity contribution in [2.24, 2.45) is 0 Å². The number of urea groups is 1. The van der Waals surface area contributed by atoms with Crippen molar-refractivity contribution in [2.45, 2.75) is 49.9 Å². The van der Waals surface area contributed by atoms with Gasteiger partial charge in [0.25, 0.3) is 11.8 Å². The number of carbonyl (C=O) groups excluding carboxylic acids is 4. The number of anilines is 1. The van der Waals surface area contributed by atoms with Crippen LogP contribution in [0.25, 0.3) is 0 Å². The summed E-state index contributed by atoms with van der Waals surface area (Å²) in [6.07, 6.45) is 1.11. The molecule has 2 aromatic rings. The number of nitrogens with zero attached hydrogens (tertiary/aromatic N) is 3. The first kappa shape index (κ1) is 27.6. The first-order chi connectivity index (χ1) is 19.3. The molecule has 0 saturated carbocycles. The summed E-state index contributed by atoms with van der Waals surface area (Å²) in [6.45, 7) is 2.63. The zero-order valence-electron chi connectivity index (χ0n) is 22.5. The summed E-state index contributed by atoms with van der Waals surface area (Å²) >= 11 is 0. The van der Waals surface area contributed by atoms with Gasteiger partial charge in [0, 0.05) is 30.3 Å². The van der Waals surface area contributed by atoms with Gasteiger partial charge in [0.05, 0.1) is 19.3 Å². The number of rotatable bonds is 6. The Kier molecular flexibility index (Phi) is 6.46. The molecule has 3 aliphatic rings. The molecule has 0 radical (unpaired) electrons. The minimum atomic E-state index is -1.91. The molecule has 212 valence electrons. The maximum Gasteiger partial charge on any atom is 0.333 e. The molecule has 41 heavy (non-hydrogen) atoms. The van der Waals surface area contributed by atoms with E-state index in [1.807, 2.05) is 0 Å². The van der Waals surface area contributed by atoms with Gasteiger partial charge in [0.15, 0.2) is 5.54 Å². The predicted octanol–water partition coefficient (Wildman–Crippen LogP) is 0.397. The van der Waals surface area contributed by atoms with Crippen molar-refractivity contribution in [3.8, 4) is 17.6 Å². The second kappa shape index (κ2) is 9.60. The van der Waals surface area contributed by atoms with E-state index in [2.05, 4.69) is 27.5 Å². The highest BCUT2D eigenvalue weighted by Gasteiger charge is 2.61. The van der Waals surface area contributed by atoms with E-state index in [0.29, 0.717) is 16.9 Å². The number of carboxylic acids is 1. The van der Waals surface area contributed by atoms with Crippen LogP contribution in [0.5, 0.6) is 5.75 Å². The Hall–Kier alpha value is -4.96. The average molecular weight is 562 g/mol. The summed E-state index contributed by atoms with van der Waals surface area (Å²) in [4.78, 5) is 69.7. The maximum absolute atomic E-state index is 13.1. The van der Waals surface area contributed by atoms with E-state index in [-0.39, 0.29) is 37.7 Å². The first-order valence-corrected chi connectivity index (χ1v) is 12.7. The summed E-state index contributed by atoms with van der Waals surface area (Å²) < 4.78 is 5.20. The summed E-state index contributed by atoms with van der Waals surface area (Å²) in [7, 11) is 1.49. The van der Waals surface area contributed by atoms with Gasteiger partial charge in [-0.15, -0.1) is 0 Å².